The number of carbonyl (C=O) groups excluding carboxylic acids is 2. The van der Waals surface area contributed by atoms with Crippen molar-refractivity contribution in [2.24, 2.45) is 0 Å². The lowest BCUT2D eigenvalue weighted by Crippen LogP contribution is -2.15. The fraction of sp³-hybridized carbons (Fsp3) is 0.385. The minimum absolute atomic E-state index is 0.290. The zero-order chi connectivity index (χ0) is 20.2. The van der Waals surface area contributed by atoms with Crippen LogP contribution in [0.25, 0.3) is 0 Å². The Morgan fingerprint density at radius 1 is 0.786 bits per heavy atom. The molecule has 0 spiro atoms. The van der Waals surface area contributed by atoms with E-state index in [1.807, 2.05) is 12.1 Å². The van der Waals surface area contributed by atoms with Crippen molar-refractivity contribution in [1.29, 1.82) is 0 Å². The molecule has 146 valence electrons. The van der Waals surface area contributed by atoms with E-state index in [2.05, 4.69) is 12.8 Å². The van der Waals surface area contributed by atoms with E-state index in [1.165, 1.54) is 50.5 Å². The van der Waals surface area contributed by atoms with E-state index in [0.29, 0.717) is 11.1 Å². The van der Waals surface area contributed by atoms with E-state index in [9.17, 15) is 9.59 Å². The van der Waals surface area contributed by atoms with Gasteiger partial charge in [0.2, 0.25) is 11.6 Å². The molecule has 0 amide bonds. The summed E-state index contributed by atoms with van der Waals surface area (Å²) in [7, 11) is 0. The highest BCUT2D eigenvalue weighted by Crippen LogP contribution is 2.15. The van der Waals surface area contributed by atoms with Gasteiger partial charge in [-0.1, -0.05) is 94.2 Å². The Morgan fingerprint density at radius 3 is 2.04 bits per heavy atom. The van der Waals surface area contributed by atoms with Crippen LogP contribution in [0.15, 0.2) is 48.5 Å². The first-order valence-corrected chi connectivity index (χ1v) is 10.4. The van der Waals surface area contributed by atoms with Crippen LogP contribution >= 0.6 is 0 Å². The highest BCUT2D eigenvalue weighted by molar-refractivity contribution is 6.49. The molecule has 0 aromatic heterocycles. The Balaban J connectivity index is 1.82. The smallest absolute Gasteiger partial charge is 0.234 e. The number of rotatable bonds is 12. The molecule has 0 N–H and O–H groups in total. The van der Waals surface area contributed by atoms with Crippen LogP contribution in [0.2, 0.25) is 0 Å². The third kappa shape index (κ3) is 6.50. The summed E-state index contributed by atoms with van der Waals surface area (Å²) in [6, 6.07) is 14.2. The summed E-state index contributed by atoms with van der Waals surface area (Å²) < 4.78 is 0. The standard InChI is InChI=1S/C26H30O2/c1-3-5-6-7-8-9-10-11-14-21-17-19-23(20-18-21)25(27)26(28)24-16-13-12-15-22(24)4-2/h2,12-13,15-20H,3,5-11,14H2,1H3. The van der Waals surface area contributed by atoms with Gasteiger partial charge < -0.3 is 0 Å². The number of hydrogen-bond donors (Lipinski definition) is 0. The van der Waals surface area contributed by atoms with E-state index in [0.717, 1.165) is 12.8 Å². The Bertz CT molecular complexity index is 809. The Hall–Kier alpha value is -2.66. The Labute approximate surface area is 169 Å². The zero-order valence-corrected chi connectivity index (χ0v) is 16.9. The van der Waals surface area contributed by atoms with E-state index in [4.69, 9.17) is 6.42 Å². The topological polar surface area (TPSA) is 34.1 Å². The van der Waals surface area contributed by atoms with E-state index < -0.39 is 11.6 Å². The monoisotopic (exact) mass is 374 g/mol. The third-order valence-corrected chi connectivity index (χ3v) is 5.07. The number of aryl methyl sites for hydroxylation is 1. The average Bonchev–Trinajstić information content (AvgIpc) is 2.75. The van der Waals surface area contributed by atoms with Crippen molar-refractivity contribution < 1.29 is 9.59 Å². The summed E-state index contributed by atoms with van der Waals surface area (Å²) in [6.45, 7) is 2.24. The van der Waals surface area contributed by atoms with Gasteiger partial charge in [-0.15, -0.1) is 6.42 Å². The summed E-state index contributed by atoms with van der Waals surface area (Å²) in [6.07, 6.45) is 16.8. The minimum Gasteiger partial charge on any atom is -0.285 e. The number of Topliss-reactive ketones (excluding diaryl/α,β-unsaturated/α-hetero) is 2. The van der Waals surface area contributed by atoms with Gasteiger partial charge in [0.15, 0.2) is 0 Å². The molecule has 0 aliphatic rings. The fourth-order valence-corrected chi connectivity index (χ4v) is 3.35. The number of unbranched alkanes of at least 4 members (excludes halogenated alkanes) is 7. The van der Waals surface area contributed by atoms with Gasteiger partial charge >= 0.3 is 0 Å². The highest BCUT2D eigenvalue weighted by Gasteiger charge is 2.20. The first-order valence-electron chi connectivity index (χ1n) is 10.4. The molecule has 0 unspecified atom stereocenters. The van der Waals surface area contributed by atoms with Crippen LogP contribution in [0.4, 0.5) is 0 Å². The van der Waals surface area contributed by atoms with Gasteiger partial charge in [-0.3, -0.25) is 9.59 Å². The molecule has 2 aromatic rings. The van der Waals surface area contributed by atoms with Gasteiger partial charge in [0.05, 0.1) is 0 Å². The molecule has 0 aliphatic heterocycles. The summed E-state index contributed by atoms with van der Waals surface area (Å²) in [5.74, 6) is 1.40. The van der Waals surface area contributed by atoms with Crippen LogP contribution in [0.1, 0.15) is 90.1 Å². The van der Waals surface area contributed by atoms with Gasteiger partial charge in [0, 0.05) is 16.7 Å². The van der Waals surface area contributed by atoms with Gasteiger partial charge in [-0.2, -0.15) is 0 Å². The van der Waals surface area contributed by atoms with Crippen molar-refractivity contribution in [2.75, 3.05) is 0 Å². The summed E-state index contributed by atoms with van der Waals surface area (Å²) in [5.41, 5.74) is 2.36. The lowest BCUT2D eigenvalue weighted by molar-refractivity contribution is 0.0817. The lowest BCUT2D eigenvalue weighted by atomic mass is 9.96. The molecule has 0 radical (unpaired) electrons. The van der Waals surface area contributed by atoms with Crippen molar-refractivity contribution in [2.45, 2.75) is 64.7 Å². The van der Waals surface area contributed by atoms with E-state index in [-0.39, 0.29) is 5.56 Å². The first-order chi connectivity index (χ1) is 13.7. The minimum atomic E-state index is -0.552. The van der Waals surface area contributed by atoms with Crippen molar-refractivity contribution in [3.8, 4) is 12.3 Å². The molecule has 2 rings (SSSR count). The van der Waals surface area contributed by atoms with Gasteiger partial charge in [0.25, 0.3) is 0 Å². The van der Waals surface area contributed by atoms with Crippen molar-refractivity contribution >= 4 is 11.6 Å². The van der Waals surface area contributed by atoms with Gasteiger partial charge in [-0.05, 0) is 30.5 Å². The summed E-state index contributed by atoms with van der Waals surface area (Å²) in [4.78, 5) is 25.0. The number of carbonyl (C=O) groups is 2. The molecule has 0 atom stereocenters. The second kappa shape index (κ2) is 11.9. The van der Waals surface area contributed by atoms with Crippen LogP contribution in [0.5, 0.6) is 0 Å². The SMILES string of the molecule is C#Cc1ccccc1C(=O)C(=O)c1ccc(CCCCCCCCCC)cc1. The maximum absolute atomic E-state index is 12.5. The van der Waals surface area contributed by atoms with Crippen LogP contribution in [-0.4, -0.2) is 11.6 Å². The molecule has 0 aliphatic carbocycles. The molecule has 2 nitrogen and oxygen atoms in total. The molecule has 2 aromatic carbocycles. The van der Waals surface area contributed by atoms with Gasteiger partial charge in [0.1, 0.15) is 0 Å². The Morgan fingerprint density at radius 2 is 1.39 bits per heavy atom. The zero-order valence-electron chi connectivity index (χ0n) is 16.9. The van der Waals surface area contributed by atoms with Crippen molar-refractivity contribution in [3.63, 3.8) is 0 Å². The fourth-order valence-electron chi connectivity index (χ4n) is 3.35. The molecule has 0 saturated heterocycles. The molecule has 0 heterocycles. The molecule has 28 heavy (non-hydrogen) atoms. The normalized spacial score (nSPS) is 10.4. The maximum atomic E-state index is 12.5. The van der Waals surface area contributed by atoms with Crippen LogP contribution in [0, 0.1) is 12.3 Å². The average molecular weight is 375 g/mol. The summed E-state index contributed by atoms with van der Waals surface area (Å²) in [5, 5.41) is 0. The predicted molar refractivity (Wildman–Crippen MR) is 116 cm³/mol. The molecule has 0 saturated carbocycles. The second-order valence-corrected chi connectivity index (χ2v) is 7.27. The summed E-state index contributed by atoms with van der Waals surface area (Å²) >= 11 is 0. The number of hydrogen-bond acceptors (Lipinski definition) is 2. The van der Waals surface area contributed by atoms with Crippen LogP contribution in [-0.2, 0) is 6.42 Å². The second-order valence-electron chi connectivity index (χ2n) is 7.27. The molecule has 0 bridgehead atoms. The maximum Gasteiger partial charge on any atom is 0.234 e. The number of terminal acetylenes is 1. The van der Waals surface area contributed by atoms with E-state index >= 15 is 0 Å². The molecular formula is C26H30O2. The number of benzene rings is 2. The molecule has 2 heteroatoms. The Kier molecular flexibility index (Phi) is 9.22. The predicted octanol–water partition coefficient (Wildman–Crippen LogP) is 6.42. The molecule has 0 fully saturated rings. The van der Waals surface area contributed by atoms with Crippen molar-refractivity contribution in [3.05, 3.63) is 70.8 Å². The van der Waals surface area contributed by atoms with Gasteiger partial charge in [-0.25, -0.2) is 0 Å². The largest absolute Gasteiger partial charge is 0.285 e. The third-order valence-electron chi connectivity index (χ3n) is 5.07. The molecular weight excluding hydrogens is 344 g/mol. The van der Waals surface area contributed by atoms with Crippen LogP contribution in [0.3, 0.4) is 0 Å². The van der Waals surface area contributed by atoms with Crippen LogP contribution < -0.4 is 0 Å². The quantitative estimate of drug-likeness (QED) is 0.186. The highest BCUT2D eigenvalue weighted by atomic mass is 16.2. The first kappa shape index (κ1) is 21.6. The van der Waals surface area contributed by atoms with E-state index in [1.54, 1.807) is 36.4 Å². The van der Waals surface area contributed by atoms with Crippen molar-refractivity contribution in [1.82, 2.24) is 0 Å². The lowest BCUT2D eigenvalue weighted by Gasteiger charge is -2.06. The number of ketones is 2.